The second-order valence-electron chi connectivity index (χ2n) is 10.7. The monoisotopic (exact) mass is 543 g/mol. The number of piperidine rings is 1. The fourth-order valence-corrected chi connectivity index (χ4v) is 5.57. The summed E-state index contributed by atoms with van der Waals surface area (Å²) in [6, 6.07) is 19.1. The smallest absolute Gasteiger partial charge is 0.303 e. The van der Waals surface area contributed by atoms with E-state index in [1.54, 1.807) is 0 Å². The molecule has 0 amide bonds. The number of imidazole rings is 1. The van der Waals surface area contributed by atoms with Crippen LogP contribution in [0, 0.1) is 5.82 Å². The molecule has 0 bridgehead atoms. The number of aryl methyl sites for hydroxylation is 2. The molecule has 40 heavy (non-hydrogen) atoms. The SMILES string of the molecule is CCc1cccc(Cn2c(CCN3CCCCC3)nc3cc(F)ccc32)c1OCc1ccc(CCC(=O)O)cc1. The van der Waals surface area contributed by atoms with E-state index in [9.17, 15) is 9.18 Å². The Balaban J connectivity index is 1.38. The molecule has 0 spiro atoms. The van der Waals surface area contributed by atoms with Crippen LogP contribution in [-0.4, -0.2) is 45.2 Å². The van der Waals surface area contributed by atoms with Gasteiger partial charge in [-0.05, 0) is 67.6 Å². The third-order valence-electron chi connectivity index (χ3n) is 7.81. The van der Waals surface area contributed by atoms with Crippen molar-refractivity contribution >= 4 is 17.0 Å². The van der Waals surface area contributed by atoms with Gasteiger partial charge in [-0.2, -0.15) is 0 Å². The van der Waals surface area contributed by atoms with Crippen LogP contribution < -0.4 is 4.74 Å². The number of benzene rings is 3. The van der Waals surface area contributed by atoms with Gasteiger partial charge in [-0.25, -0.2) is 9.37 Å². The van der Waals surface area contributed by atoms with Crippen LogP contribution in [0.5, 0.6) is 5.75 Å². The maximum Gasteiger partial charge on any atom is 0.303 e. The van der Waals surface area contributed by atoms with Gasteiger partial charge >= 0.3 is 5.97 Å². The minimum Gasteiger partial charge on any atom is -0.488 e. The van der Waals surface area contributed by atoms with E-state index in [1.807, 2.05) is 30.3 Å². The normalized spacial score (nSPS) is 14.1. The van der Waals surface area contributed by atoms with Crippen molar-refractivity contribution in [3.05, 3.63) is 94.6 Å². The molecule has 0 radical (unpaired) electrons. The summed E-state index contributed by atoms with van der Waals surface area (Å²) < 4.78 is 22.8. The zero-order valence-corrected chi connectivity index (χ0v) is 23.2. The first-order valence-electron chi connectivity index (χ1n) is 14.4. The highest BCUT2D eigenvalue weighted by atomic mass is 19.1. The van der Waals surface area contributed by atoms with Crippen LogP contribution >= 0.6 is 0 Å². The van der Waals surface area contributed by atoms with Crippen molar-refractivity contribution in [1.29, 1.82) is 0 Å². The molecule has 0 saturated carbocycles. The molecule has 2 heterocycles. The quantitative estimate of drug-likeness (QED) is 0.224. The Labute approximate surface area is 235 Å². The average molecular weight is 544 g/mol. The Kier molecular flexibility index (Phi) is 9.12. The lowest BCUT2D eigenvalue weighted by atomic mass is 10.1. The summed E-state index contributed by atoms with van der Waals surface area (Å²) in [5, 5.41) is 8.94. The van der Waals surface area contributed by atoms with Crippen LogP contribution in [0.25, 0.3) is 11.0 Å². The number of aromatic nitrogens is 2. The first-order chi connectivity index (χ1) is 19.5. The van der Waals surface area contributed by atoms with E-state index in [2.05, 4.69) is 34.6 Å². The van der Waals surface area contributed by atoms with Crippen LogP contribution in [0.3, 0.4) is 0 Å². The van der Waals surface area contributed by atoms with Gasteiger partial charge in [0.15, 0.2) is 0 Å². The molecule has 6 nitrogen and oxygen atoms in total. The first kappa shape index (κ1) is 27.8. The lowest BCUT2D eigenvalue weighted by Crippen LogP contribution is -2.32. The fourth-order valence-electron chi connectivity index (χ4n) is 5.57. The maximum atomic E-state index is 14.1. The van der Waals surface area contributed by atoms with E-state index in [4.69, 9.17) is 14.8 Å². The number of rotatable bonds is 12. The third-order valence-corrected chi connectivity index (χ3v) is 7.81. The molecule has 1 aliphatic rings. The van der Waals surface area contributed by atoms with Crippen LogP contribution in [0.4, 0.5) is 4.39 Å². The Morgan fingerprint density at radius 3 is 2.48 bits per heavy atom. The van der Waals surface area contributed by atoms with Gasteiger partial charge in [0.1, 0.15) is 24.0 Å². The molecular weight excluding hydrogens is 505 g/mol. The predicted molar refractivity (Wildman–Crippen MR) is 155 cm³/mol. The minimum absolute atomic E-state index is 0.124. The van der Waals surface area contributed by atoms with Crippen molar-refractivity contribution in [2.45, 2.75) is 65.0 Å². The van der Waals surface area contributed by atoms with Crippen molar-refractivity contribution in [2.75, 3.05) is 19.6 Å². The summed E-state index contributed by atoms with van der Waals surface area (Å²) in [4.78, 5) is 18.3. The van der Waals surface area contributed by atoms with E-state index < -0.39 is 5.97 Å². The average Bonchev–Trinajstić information content (AvgIpc) is 3.31. The Morgan fingerprint density at radius 2 is 1.73 bits per heavy atom. The summed E-state index contributed by atoms with van der Waals surface area (Å²) in [7, 11) is 0. The van der Waals surface area contributed by atoms with Crippen molar-refractivity contribution in [3.63, 3.8) is 0 Å². The van der Waals surface area contributed by atoms with Crippen LogP contribution in [-0.2, 0) is 37.2 Å². The number of nitrogens with zero attached hydrogens (tertiary/aromatic N) is 3. The summed E-state index contributed by atoms with van der Waals surface area (Å²) in [5.41, 5.74) is 5.86. The van der Waals surface area contributed by atoms with Gasteiger partial charge in [0, 0.05) is 31.0 Å². The van der Waals surface area contributed by atoms with Crippen molar-refractivity contribution in [2.24, 2.45) is 0 Å². The Morgan fingerprint density at radius 1 is 0.975 bits per heavy atom. The molecular formula is C33H38FN3O3. The molecule has 210 valence electrons. The van der Waals surface area contributed by atoms with Crippen molar-refractivity contribution in [3.8, 4) is 5.75 Å². The summed E-state index contributed by atoms with van der Waals surface area (Å²) in [5.74, 6) is 0.786. The van der Waals surface area contributed by atoms with E-state index >= 15 is 0 Å². The van der Waals surface area contributed by atoms with Gasteiger partial charge in [-0.1, -0.05) is 55.8 Å². The molecule has 3 aromatic carbocycles. The van der Waals surface area contributed by atoms with E-state index in [-0.39, 0.29) is 12.2 Å². The highest BCUT2D eigenvalue weighted by Crippen LogP contribution is 2.29. The van der Waals surface area contributed by atoms with Crippen LogP contribution in [0.1, 0.15) is 60.7 Å². The molecule has 4 aromatic rings. The first-order valence-corrected chi connectivity index (χ1v) is 14.4. The second kappa shape index (κ2) is 13.1. The Bertz CT molecular complexity index is 1440. The van der Waals surface area contributed by atoms with Gasteiger partial charge in [0.05, 0.1) is 17.6 Å². The Hall–Kier alpha value is -3.71. The summed E-state index contributed by atoms with van der Waals surface area (Å²) in [6.07, 6.45) is 6.10. The standard InChI is InChI=1S/C33H38FN3O3/c1-2-26-7-6-8-27(33(26)40-23-25-11-9-24(10-12-25)13-16-32(38)39)22-37-30-15-14-28(34)21-29(30)35-31(37)17-20-36-18-4-3-5-19-36/h6-12,14-15,21H,2-5,13,16-20,22-23H2,1H3,(H,38,39). The number of para-hydroxylation sites is 1. The molecule has 7 heteroatoms. The highest BCUT2D eigenvalue weighted by Gasteiger charge is 2.18. The molecule has 1 aliphatic heterocycles. The van der Waals surface area contributed by atoms with Crippen LogP contribution in [0.2, 0.25) is 0 Å². The minimum atomic E-state index is -0.790. The van der Waals surface area contributed by atoms with Gasteiger partial charge in [-0.15, -0.1) is 0 Å². The van der Waals surface area contributed by atoms with E-state index in [0.717, 1.165) is 71.8 Å². The number of hydrogen-bond donors (Lipinski definition) is 1. The van der Waals surface area contributed by atoms with Gasteiger partial charge in [0.25, 0.3) is 0 Å². The number of fused-ring (bicyclic) bond motifs is 1. The molecule has 0 unspecified atom stereocenters. The fraction of sp³-hybridized carbons (Fsp3) is 0.394. The van der Waals surface area contributed by atoms with Crippen molar-refractivity contribution in [1.82, 2.24) is 14.5 Å². The number of carboxylic acids is 1. The zero-order valence-electron chi connectivity index (χ0n) is 23.2. The lowest BCUT2D eigenvalue weighted by Gasteiger charge is -2.26. The van der Waals surface area contributed by atoms with Crippen molar-refractivity contribution < 1.29 is 19.0 Å². The number of likely N-dealkylation sites (tertiary alicyclic amines) is 1. The molecule has 1 N–H and O–H groups in total. The largest absolute Gasteiger partial charge is 0.488 e. The predicted octanol–water partition coefficient (Wildman–Crippen LogP) is 6.41. The number of hydrogen-bond acceptors (Lipinski definition) is 4. The highest BCUT2D eigenvalue weighted by molar-refractivity contribution is 5.76. The number of aliphatic carboxylic acids is 1. The van der Waals surface area contributed by atoms with E-state index in [0.29, 0.717) is 25.1 Å². The van der Waals surface area contributed by atoms with Gasteiger partial charge in [-0.3, -0.25) is 4.79 Å². The lowest BCUT2D eigenvalue weighted by molar-refractivity contribution is -0.136. The molecule has 1 saturated heterocycles. The van der Waals surface area contributed by atoms with E-state index in [1.165, 1.54) is 31.4 Å². The molecule has 1 fully saturated rings. The van der Waals surface area contributed by atoms with Gasteiger partial charge in [0.2, 0.25) is 0 Å². The second-order valence-corrected chi connectivity index (χ2v) is 10.7. The number of carbonyl (C=O) groups is 1. The number of halogens is 1. The summed E-state index contributed by atoms with van der Waals surface area (Å²) >= 11 is 0. The molecule has 0 atom stereocenters. The maximum absolute atomic E-state index is 14.1. The molecule has 1 aromatic heterocycles. The van der Waals surface area contributed by atoms with Crippen LogP contribution in [0.15, 0.2) is 60.7 Å². The summed E-state index contributed by atoms with van der Waals surface area (Å²) in [6.45, 7) is 6.35. The molecule has 5 rings (SSSR count). The number of carboxylic acid groups (broad SMARTS) is 1. The third kappa shape index (κ3) is 6.89. The zero-order chi connectivity index (χ0) is 27.9. The topological polar surface area (TPSA) is 67.6 Å². The van der Waals surface area contributed by atoms with Gasteiger partial charge < -0.3 is 19.3 Å². The number of ether oxygens (including phenoxy) is 1. The molecule has 0 aliphatic carbocycles.